The van der Waals surface area contributed by atoms with E-state index >= 15 is 0 Å². The van der Waals surface area contributed by atoms with Gasteiger partial charge in [-0.25, -0.2) is 0 Å². The number of hydrogen-bond donors (Lipinski definition) is 1. The van der Waals surface area contributed by atoms with E-state index in [0.717, 1.165) is 24.3 Å². The van der Waals surface area contributed by atoms with Crippen molar-refractivity contribution in [2.75, 3.05) is 18.1 Å². The summed E-state index contributed by atoms with van der Waals surface area (Å²) in [6.45, 7) is 6.35. The molecule has 1 fully saturated rings. The van der Waals surface area contributed by atoms with Gasteiger partial charge >= 0.3 is 0 Å². The van der Waals surface area contributed by atoms with Crippen molar-refractivity contribution in [1.82, 2.24) is 10.2 Å². The molecular weight excluding hydrogens is 236 g/mol. The second-order valence-corrected chi connectivity index (χ2v) is 5.70. The van der Waals surface area contributed by atoms with Crippen molar-refractivity contribution in [3.63, 3.8) is 0 Å². The summed E-state index contributed by atoms with van der Waals surface area (Å²) < 4.78 is 0. The van der Waals surface area contributed by atoms with E-state index < -0.39 is 0 Å². The van der Waals surface area contributed by atoms with Crippen molar-refractivity contribution in [3.05, 3.63) is 0 Å². The lowest BCUT2D eigenvalue weighted by Crippen LogP contribution is -2.60. The minimum absolute atomic E-state index is 0.0311. The molecule has 2 unspecified atom stereocenters. The zero-order valence-electron chi connectivity index (χ0n) is 10.9. The standard InChI is InChI=1S/C12H22N2O2S/c1-4-6-10-12(16)14(7-11(15)13-10)9(3)8-17-5-2/h9-10H,4-8H2,1-3H3,(H,13,15). The van der Waals surface area contributed by atoms with Crippen LogP contribution in [0.25, 0.3) is 0 Å². The summed E-state index contributed by atoms with van der Waals surface area (Å²) in [6.07, 6.45) is 1.64. The molecule has 1 saturated heterocycles. The monoisotopic (exact) mass is 258 g/mol. The number of nitrogens with one attached hydrogen (secondary N) is 1. The van der Waals surface area contributed by atoms with Crippen molar-refractivity contribution in [3.8, 4) is 0 Å². The van der Waals surface area contributed by atoms with Crippen molar-refractivity contribution in [1.29, 1.82) is 0 Å². The third-order valence-electron chi connectivity index (χ3n) is 2.90. The fourth-order valence-corrected chi connectivity index (χ4v) is 2.73. The maximum Gasteiger partial charge on any atom is 0.245 e. The van der Waals surface area contributed by atoms with Gasteiger partial charge in [-0.05, 0) is 19.1 Å². The number of piperazine rings is 1. The number of rotatable bonds is 6. The lowest BCUT2D eigenvalue weighted by atomic mass is 10.1. The molecule has 1 rings (SSSR count). The van der Waals surface area contributed by atoms with E-state index in [2.05, 4.69) is 12.2 Å². The van der Waals surface area contributed by atoms with E-state index in [1.54, 1.807) is 16.7 Å². The van der Waals surface area contributed by atoms with Crippen LogP contribution in [0.1, 0.15) is 33.6 Å². The Morgan fingerprint density at radius 1 is 1.47 bits per heavy atom. The average molecular weight is 258 g/mol. The van der Waals surface area contributed by atoms with Gasteiger partial charge in [-0.3, -0.25) is 9.59 Å². The van der Waals surface area contributed by atoms with Gasteiger partial charge in [0.15, 0.2) is 0 Å². The van der Waals surface area contributed by atoms with Crippen LogP contribution in [0.4, 0.5) is 0 Å². The molecule has 4 nitrogen and oxygen atoms in total. The molecule has 0 bridgehead atoms. The van der Waals surface area contributed by atoms with Crippen molar-refractivity contribution >= 4 is 23.6 Å². The highest BCUT2D eigenvalue weighted by atomic mass is 32.2. The van der Waals surface area contributed by atoms with Crippen LogP contribution in [-0.4, -0.2) is 46.8 Å². The molecule has 1 N–H and O–H groups in total. The Morgan fingerprint density at radius 3 is 2.76 bits per heavy atom. The maximum atomic E-state index is 12.2. The summed E-state index contributed by atoms with van der Waals surface area (Å²) in [4.78, 5) is 25.5. The summed E-state index contributed by atoms with van der Waals surface area (Å²) in [6, 6.07) is -0.173. The Labute approximate surface area is 108 Å². The first-order chi connectivity index (χ1) is 8.10. The zero-order valence-corrected chi connectivity index (χ0v) is 11.7. The molecule has 2 amide bonds. The highest BCUT2D eigenvalue weighted by Crippen LogP contribution is 2.14. The fraction of sp³-hybridized carbons (Fsp3) is 0.833. The Morgan fingerprint density at radius 2 is 2.18 bits per heavy atom. The van der Waals surface area contributed by atoms with Gasteiger partial charge in [0.25, 0.3) is 0 Å². The van der Waals surface area contributed by atoms with E-state index in [4.69, 9.17) is 0 Å². The SMILES string of the molecule is CCCC1NC(=O)CN(C(C)CSCC)C1=O. The van der Waals surface area contributed by atoms with Crippen LogP contribution in [0.2, 0.25) is 0 Å². The van der Waals surface area contributed by atoms with Crippen LogP contribution in [0, 0.1) is 0 Å². The molecule has 0 aliphatic carbocycles. The lowest BCUT2D eigenvalue weighted by Gasteiger charge is -2.36. The molecule has 0 aromatic rings. The molecular formula is C12H22N2O2S. The van der Waals surface area contributed by atoms with E-state index in [9.17, 15) is 9.59 Å². The van der Waals surface area contributed by atoms with Crippen LogP contribution in [0.15, 0.2) is 0 Å². The number of hydrogen-bond acceptors (Lipinski definition) is 3. The summed E-state index contributed by atoms with van der Waals surface area (Å²) in [7, 11) is 0. The molecule has 0 radical (unpaired) electrons. The van der Waals surface area contributed by atoms with Crippen LogP contribution in [0.5, 0.6) is 0 Å². The van der Waals surface area contributed by atoms with Crippen LogP contribution in [0.3, 0.4) is 0 Å². The Bertz CT molecular complexity index is 284. The number of carbonyl (C=O) groups excluding carboxylic acids is 2. The van der Waals surface area contributed by atoms with E-state index in [0.29, 0.717) is 0 Å². The minimum atomic E-state index is -0.310. The first-order valence-electron chi connectivity index (χ1n) is 6.27. The molecule has 1 heterocycles. The molecule has 0 aromatic heterocycles. The lowest BCUT2D eigenvalue weighted by molar-refractivity contribution is -0.146. The molecule has 0 saturated carbocycles. The largest absolute Gasteiger partial charge is 0.343 e. The normalized spacial score (nSPS) is 22.5. The van der Waals surface area contributed by atoms with Gasteiger partial charge in [0.2, 0.25) is 11.8 Å². The predicted molar refractivity (Wildman–Crippen MR) is 71.0 cm³/mol. The fourth-order valence-electron chi connectivity index (χ4n) is 1.97. The van der Waals surface area contributed by atoms with Crippen LogP contribution in [-0.2, 0) is 9.59 Å². The van der Waals surface area contributed by atoms with Crippen molar-refractivity contribution < 1.29 is 9.59 Å². The molecule has 1 aliphatic rings. The molecule has 1 aliphatic heterocycles. The number of nitrogens with zero attached hydrogens (tertiary/aromatic N) is 1. The zero-order chi connectivity index (χ0) is 12.8. The van der Waals surface area contributed by atoms with Crippen LogP contribution >= 0.6 is 11.8 Å². The van der Waals surface area contributed by atoms with Gasteiger partial charge in [-0.1, -0.05) is 20.3 Å². The topological polar surface area (TPSA) is 49.4 Å². The first-order valence-corrected chi connectivity index (χ1v) is 7.43. The summed E-state index contributed by atoms with van der Waals surface area (Å²) >= 11 is 1.80. The summed E-state index contributed by atoms with van der Waals surface area (Å²) in [5.74, 6) is 1.98. The third kappa shape index (κ3) is 3.91. The Kier molecular flexibility index (Phi) is 5.82. The van der Waals surface area contributed by atoms with Gasteiger partial charge < -0.3 is 10.2 Å². The molecule has 5 heteroatoms. The number of carbonyl (C=O) groups is 2. The quantitative estimate of drug-likeness (QED) is 0.780. The van der Waals surface area contributed by atoms with E-state index in [1.165, 1.54) is 0 Å². The maximum absolute atomic E-state index is 12.2. The highest BCUT2D eigenvalue weighted by Gasteiger charge is 2.34. The van der Waals surface area contributed by atoms with Crippen LogP contribution < -0.4 is 5.32 Å². The molecule has 2 atom stereocenters. The molecule has 0 spiro atoms. The predicted octanol–water partition coefficient (Wildman–Crippen LogP) is 1.26. The van der Waals surface area contributed by atoms with Gasteiger partial charge in [-0.2, -0.15) is 11.8 Å². The summed E-state index contributed by atoms with van der Waals surface area (Å²) in [5, 5.41) is 2.77. The molecule has 98 valence electrons. The van der Waals surface area contributed by atoms with Crippen molar-refractivity contribution in [2.24, 2.45) is 0 Å². The van der Waals surface area contributed by atoms with E-state index in [1.807, 2.05) is 13.8 Å². The second kappa shape index (κ2) is 6.89. The first kappa shape index (κ1) is 14.4. The molecule has 17 heavy (non-hydrogen) atoms. The Balaban J connectivity index is 2.63. The average Bonchev–Trinajstić information content (AvgIpc) is 2.30. The minimum Gasteiger partial charge on any atom is -0.343 e. The third-order valence-corrected chi connectivity index (χ3v) is 4.03. The smallest absolute Gasteiger partial charge is 0.245 e. The molecule has 0 aromatic carbocycles. The van der Waals surface area contributed by atoms with Gasteiger partial charge in [0, 0.05) is 11.8 Å². The van der Waals surface area contributed by atoms with Gasteiger partial charge in [0.05, 0.1) is 6.54 Å². The summed E-state index contributed by atoms with van der Waals surface area (Å²) in [5.41, 5.74) is 0. The van der Waals surface area contributed by atoms with E-state index in [-0.39, 0.29) is 30.4 Å². The van der Waals surface area contributed by atoms with Crippen molar-refractivity contribution in [2.45, 2.75) is 45.7 Å². The number of amides is 2. The van der Waals surface area contributed by atoms with Gasteiger partial charge in [0.1, 0.15) is 6.04 Å². The Hall–Kier alpha value is -0.710. The second-order valence-electron chi connectivity index (χ2n) is 4.38. The highest BCUT2D eigenvalue weighted by molar-refractivity contribution is 7.99. The number of thioether (sulfide) groups is 1. The van der Waals surface area contributed by atoms with Gasteiger partial charge in [-0.15, -0.1) is 0 Å².